The monoisotopic (exact) mass is 295 g/mol. The molecule has 0 saturated heterocycles. The van der Waals surface area contributed by atoms with E-state index in [1.54, 1.807) is 24.3 Å². The maximum Gasteiger partial charge on any atom is 0.258 e. The molecule has 0 atom stereocenters. The van der Waals surface area contributed by atoms with E-state index in [0.29, 0.717) is 17.5 Å². The second kappa shape index (κ2) is 6.09. The number of benzene rings is 2. The highest BCUT2D eigenvalue weighted by Gasteiger charge is 2.10. The second-order valence-electron chi connectivity index (χ2n) is 4.57. The molecule has 0 radical (unpaired) electrons. The summed E-state index contributed by atoms with van der Waals surface area (Å²) in [5, 5.41) is 3.97. The van der Waals surface area contributed by atoms with Crippen LogP contribution in [0, 0.1) is 0 Å². The minimum atomic E-state index is -0.520. The first kappa shape index (κ1) is 13.8. The van der Waals surface area contributed by atoms with Crippen molar-refractivity contribution in [1.82, 2.24) is 10.1 Å². The first-order valence-electron chi connectivity index (χ1n) is 6.63. The van der Waals surface area contributed by atoms with E-state index in [4.69, 9.17) is 15.0 Å². The first-order chi connectivity index (χ1) is 10.7. The lowest BCUT2D eigenvalue weighted by Crippen LogP contribution is -2.19. The standard InChI is InChI=1S/C16H13N3O3/c17-14(20)10-21-13-8-6-12(7-9-13)16-18-15(19-22-16)11-4-2-1-3-5-11/h1-9H,10H2,(H2,17,20). The third-order valence-corrected chi connectivity index (χ3v) is 2.94. The number of carbonyl (C=O) groups is 1. The Morgan fingerprint density at radius 1 is 1.05 bits per heavy atom. The van der Waals surface area contributed by atoms with Crippen LogP contribution in [0.3, 0.4) is 0 Å². The quantitative estimate of drug-likeness (QED) is 0.779. The third kappa shape index (κ3) is 3.12. The van der Waals surface area contributed by atoms with E-state index in [0.717, 1.165) is 11.1 Å². The minimum absolute atomic E-state index is 0.155. The molecule has 0 saturated carbocycles. The summed E-state index contributed by atoms with van der Waals surface area (Å²) in [6.45, 7) is -0.155. The number of aromatic nitrogens is 2. The highest BCUT2D eigenvalue weighted by atomic mass is 16.5. The van der Waals surface area contributed by atoms with E-state index in [9.17, 15) is 4.79 Å². The van der Waals surface area contributed by atoms with Crippen molar-refractivity contribution >= 4 is 5.91 Å². The van der Waals surface area contributed by atoms with E-state index in [1.807, 2.05) is 30.3 Å². The van der Waals surface area contributed by atoms with Crippen molar-refractivity contribution in [3.63, 3.8) is 0 Å². The van der Waals surface area contributed by atoms with Crippen molar-refractivity contribution in [3.05, 3.63) is 54.6 Å². The number of ether oxygens (including phenoxy) is 1. The number of nitrogens with two attached hydrogens (primary N) is 1. The van der Waals surface area contributed by atoms with Crippen molar-refractivity contribution in [3.8, 4) is 28.6 Å². The molecular weight excluding hydrogens is 282 g/mol. The van der Waals surface area contributed by atoms with E-state index >= 15 is 0 Å². The number of hydrogen-bond acceptors (Lipinski definition) is 5. The average molecular weight is 295 g/mol. The molecule has 0 aliphatic heterocycles. The Bertz CT molecular complexity index is 767. The number of hydrogen-bond donors (Lipinski definition) is 1. The van der Waals surface area contributed by atoms with Crippen LogP contribution >= 0.6 is 0 Å². The van der Waals surface area contributed by atoms with Gasteiger partial charge in [-0.15, -0.1) is 0 Å². The summed E-state index contributed by atoms with van der Waals surface area (Å²) in [5.74, 6) is 0.976. The summed E-state index contributed by atoms with van der Waals surface area (Å²) in [4.78, 5) is 15.0. The highest BCUT2D eigenvalue weighted by molar-refractivity contribution is 5.75. The van der Waals surface area contributed by atoms with Crippen LogP contribution in [0.1, 0.15) is 0 Å². The van der Waals surface area contributed by atoms with Crippen molar-refractivity contribution in [2.75, 3.05) is 6.61 Å². The molecule has 6 nitrogen and oxygen atoms in total. The van der Waals surface area contributed by atoms with Crippen LogP contribution in [0.25, 0.3) is 22.8 Å². The molecule has 110 valence electrons. The van der Waals surface area contributed by atoms with Gasteiger partial charge in [-0.1, -0.05) is 35.5 Å². The molecule has 2 aromatic carbocycles. The smallest absolute Gasteiger partial charge is 0.258 e. The van der Waals surface area contributed by atoms with Gasteiger partial charge in [0, 0.05) is 11.1 Å². The number of nitrogens with zero attached hydrogens (tertiary/aromatic N) is 2. The highest BCUT2D eigenvalue weighted by Crippen LogP contribution is 2.23. The Labute approximate surface area is 126 Å². The van der Waals surface area contributed by atoms with Gasteiger partial charge >= 0.3 is 0 Å². The van der Waals surface area contributed by atoms with E-state index in [-0.39, 0.29) is 6.61 Å². The van der Waals surface area contributed by atoms with Gasteiger partial charge in [-0.3, -0.25) is 4.79 Å². The minimum Gasteiger partial charge on any atom is -0.484 e. The summed E-state index contributed by atoms with van der Waals surface area (Å²) < 4.78 is 10.5. The van der Waals surface area contributed by atoms with Crippen molar-refractivity contribution < 1.29 is 14.1 Å². The summed E-state index contributed by atoms with van der Waals surface area (Å²) in [7, 11) is 0. The maximum atomic E-state index is 10.7. The molecule has 1 amide bonds. The zero-order chi connectivity index (χ0) is 15.4. The fourth-order valence-corrected chi connectivity index (χ4v) is 1.89. The van der Waals surface area contributed by atoms with E-state index < -0.39 is 5.91 Å². The van der Waals surface area contributed by atoms with Gasteiger partial charge < -0.3 is 15.0 Å². The lowest BCUT2D eigenvalue weighted by Gasteiger charge is -2.03. The molecule has 1 aromatic heterocycles. The summed E-state index contributed by atoms with van der Waals surface area (Å²) in [6, 6.07) is 16.6. The molecule has 3 rings (SSSR count). The SMILES string of the molecule is NC(=O)COc1ccc(-c2nc(-c3ccccc3)no2)cc1. The molecule has 22 heavy (non-hydrogen) atoms. The summed E-state index contributed by atoms with van der Waals surface area (Å²) in [6.07, 6.45) is 0. The molecule has 1 heterocycles. The van der Waals surface area contributed by atoms with Crippen LogP contribution in [0.15, 0.2) is 59.1 Å². The van der Waals surface area contributed by atoms with Gasteiger partial charge in [-0.25, -0.2) is 0 Å². The Hall–Kier alpha value is -3.15. The molecule has 6 heteroatoms. The lowest BCUT2D eigenvalue weighted by atomic mass is 10.2. The predicted octanol–water partition coefficient (Wildman–Crippen LogP) is 2.27. The van der Waals surface area contributed by atoms with Crippen LogP contribution in [0.5, 0.6) is 5.75 Å². The largest absolute Gasteiger partial charge is 0.484 e. The Kier molecular flexibility index (Phi) is 3.82. The first-order valence-corrected chi connectivity index (χ1v) is 6.63. The van der Waals surface area contributed by atoms with Crippen molar-refractivity contribution in [2.24, 2.45) is 5.73 Å². The maximum absolute atomic E-state index is 10.7. The third-order valence-electron chi connectivity index (χ3n) is 2.94. The number of rotatable bonds is 5. The molecular formula is C16H13N3O3. The summed E-state index contributed by atoms with van der Waals surface area (Å²) >= 11 is 0. The van der Waals surface area contributed by atoms with Gasteiger partial charge in [-0.2, -0.15) is 4.98 Å². The van der Waals surface area contributed by atoms with E-state index in [1.165, 1.54) is 0 Å². The van der Waals surface area contributed by atoms with Crippen molar-refractivity contribution in [2.45, 2.75) is 0 Å². The van der Waals surface area contributed by atoms with Crippen LogP contribution < -0.4 is 10.5 Å². The molecule has 0 unspecified atom stereocenters. The van der Waals surface area contributed by atoms with Gasteiger partial charge in [0.25, 0.3) is 11.8 Å². The average Bonchev–Trinajstić information content (AvgIpc) is 3.04. The Balaban J connectivity index is 1.77. The van der Waals surface area contributed by atoms with Gasteiger partial charge in [-0.05, 0) is 24.3 Å². The number of primary amides is 1. The normalized spacial score (nSPS) is 10.4. The van der Waals surface area contributed by atoms with Crippen LogP contribution in [-0.4, -0.2) is 22.7 Å². The van der Waals surface area contributed by atoms with Crippen LogP contribution in [-0.2, 0) is 4.79 Å². The lowest BCUT2D eigenvalue weighted by molar-refractivity contribution is -0.119. The van der Waals surface area contributed by atoms with Crippen LogP contribution in [0.4, 0.5) is 0 Å². The van der Waals surface area contributed by atoms with Gasteiger partial charge in [0.05, 0.1) is 0 Å². The van der Waals surface area contributed by atoms with Gasteiger partial charge in [0.2, 0.25) is 5.82 Å². The molecule has 0 aliphatic carbocycles. The van der Waals surface area contributed by atoms with E-state index in [2.05, 4.69) is 10.1 Å². The van der Waals surface area contributed by atoms with Gasteiger partial charge in [0.1, 0.15) is 5.75 Å². The Morgan fingerprint density at radius 2 is 1.77 bits per heavy atom. The molecule has 2 N–H and O–H groups in total. The topological polar surface area (TPSA) is 91.2 Å². The van der Waals surface area contributed by atoms with Crippen molar-refractivity contribution in [1.29, 1.82) is 0 Å². The fraction of sp³-hybridized carbons (Fsp3) is 0.0625. The molecule has 0 aliphatic rings. The summed E-state index contributed by atoms with van der Waals surface area (Å²) in [5.41, 5.74) is 6.67. The predicted molar refractivity (Wildman–Crippen MR) is 79.9 cm³/mol. The number of amides is 1. The fourth-order valence-electron chi connectivity index (χ4n) is 1.89. The molecule has 3 aromatic rings. The number of carbonyl (C=O) groups excluding carboxylic acids is 1. The van der Waals surface area contributed by atoms with Crippen LogP contribution in [0.2, 0.25) is 0 Å². The molecule has 0 bridgehead atoms. The second-order valence-corrected chi connectivity index (χ2v) is 4.57. The van der Waals surface area contributed by atoms with Gasteiger partial charge in [0.15, 0.2) is 6.61 Å². The zero-order valence-corrected chi connectivity index (χ0v) is 11.6. The molecule has 0 fully saturated rings. The molecule has 0 spiro atoms. The zero-order valence-electron chi connectivity index (χ0n) is 11.6. The Morgan fingerprint density at radius 3 is 2.45 bits per heavy atom.